The lowest BCUT2D eigenvalue weighted by Crippen LogP contribution is -2.49. The van der Waals surface area contributed by atoms with Crippen LogP contribution < -0.4 is 10.1 Å². The van der Waals surface area contributed by atoms with Crippen molar-refractivity contribution in [3.8, 4) is 5.75 Å². The van der Waals surface area contributed by atoms with Crippen molar-refractivity contribution < 1.29 is 9.53 Å². The molecule has 0 saturated heterocycles. The zero-order valence-electron chi connectivity index (χ0n) is 11.4. The smallest absolute Gasteiger partial charge is 0.251 e. The van der Waals surface area contributed by atoms with Crippen molar-refractivity contribution in [3.05, 3.63) is 28.2 Å². The van der Waals surface area contributed by atoms with Crippen molar-refractivity contribution >= 4 is 33.4 Å². The minimum Gasteiger partial charge on any atom is -0.496 e. The quantitative estimate of drug-likeness (QED) is 0.790. The number of carbonyl (C=O) groups is 1. The molecule has 1 amide bonds. The maximum Gasteiger partial charge on any atom is 0.251 e. The first-order valence-corrected chi connectivity index (χ1v) is 7.56. The fourth-order valence-electron chi connectivity index (χ4n) is 1.77. The van der Waals surface area contributed by atoms with Crippen LogP contribution in [0.5, 0.6) is 5.75 Å². The number of hydrogen-bond acceptors (Lipinski definition) is 2. The molecule has 0 radical (unpaired) electrons. The molecule has 0 fully saturated rings. The predicted octanol–water partition coefficient (Wildman–Crippen LogP) is 3.99. The Balaban J connectivity index is 2.92. The highest BCUT2D eigenvalue weighted by atomic mass is 79.9. The molecule has 1 N–H and O–H groups in total. The molecule has 3 nitrogen and oxygen atoms in total. The fraction of sp³-hybridized carbons (Fsp3) is 0.500. The number of ether oxygens (including phenoxy) is 1. The molecule has 1 aromatic carbocycles. The van der Waals surface area contributed by atoms with Gasteiger partial charge in [-0.3, -0.25) is 4.79 Å². The summed E-state index contributed by atoms with van der Waals surface area (Å²) in [6, 6.07) is 5.25. The molecule has 0 aromatic heterocycles. The fourth-order valence-corrected chi connectivity index (χ4v) is 2.76. The van der Waals surface area contributed by atoms with Gasteiger partial charge in [-0.05, 0) is 47.0 Å². The van der Waals surface area contributed by atoms with Crippen LogP contribution in [0.25, 0.3) is 0 Å². The number of alkyl halides is 1. The van der Waals surface area contributed by atoms with Gasteiger partial charge in [-0.15, -0.1) is 11.6 Å². The molecule has 0 aliphatic heterocycles. The Hall–Kier alpha value is -0.740. The van der Waals surface area contributed by atoms with Crippen LogP contribution in [-0.4, -0.2) is 24.4 Å². The van der Waals surface area contributed by atoms with Crippen molar-refractivity contribution in [1.29, 1.82) is 0 Å². The van der Waals surface area contributed by atoms with Gasteiger partial charge in [0, 0.05) is 11.4 Å². The normalized spacial score (nSPS) is 11.2. The number of halogens is 2. The van der Waals surface area contributed by atoms with E-state index in [4.69, 9.17) is 16.3 Å². The number of hydrogen-bond donors (Lipinski definition) is 1. The molecule has 0 aliphatic carbocycles. The Bertz CT molecular complexity index is 439. The van der Waals surface area contributed by atoms with Gasteiger partial charge in [0.2, 0.25) is 0 Å². The molecule has 19 heavy (non-hydrogen) atoms. The molecule has 0 heterocycles. The van der Waals surface area contributed by atoms with Crippen LogP contribution in [0.1, 0.15) is 37.0 Å². The lowest BCUT2D eigenvalue weighted by Gasteiger charge is -2.30. The summed E-state index contributed by atoms with van der Waals surface area (Å²) in [6.07, 6.45) is 1.60. The zero-order valence-corrected chi connectivity index (χ0v) is 13.8. The molecule has 0 bridgehead atoms. The maximum atomic E-state index is 12.3. The molecule has 0 spiro atoms. The van der Waals surface area contributed by atoms with Crippen LogP contribution in [0.2, 0.25) is 0 Å². The molecule has 1 rings (SSSR count). The highest BCUT2D eigenvalue weighted by Crippen LogP contribution is 2.26. The maximum absolute atomic E-state index is 12.3. The summed E-state index contributed by atoms with van der Waals surface area (Å²) in [6.45, 7) is 4.05. The summed E-state index contributed by atoms with van der Waals surface area (Å²) in [5, 5.41) is 3.03. The number of rotatable bonds is 6. The molecule has 106 valence electrons. The number of nitrogens with one attached hydrogen (secondary N) is 1. The minimum absolute atomic E-state index is 0.118. The molecule has 0 saturated carbocycles. The van der Waals surface area contributed by atoms with Crippen LogP contribution in [0.15, 0.2) is 22.7 Å². The minimum atomic E-state index is -0.342. The Morgan fingerprint density at radius 3 is 2.47 bits per heavy atom. The van der Waals surface area contributed by atoms with Gasteiger partial charge in [0.05, 0.1) is 17.1 Å². The van der Waals surface area contributed by atoms with E-state index in [0.717, 1.165) is 17.3 Å². The molecule has 0 atom stereocenters. The summed E-state index contributed by atoms with van der Waals surface area (Å²) >= 11 is 9.37. The molecule has 0 aliphatic rings. The highest BCUT2D eigenvalue weighted by molar-refractivity contribution is 9.10. The third kappa shape index (κ3) is 3.86. The zero-order chi connectivity index (χ0) is 14.5. The Morgan fingerprint density at radius 1 is 1.42 bits per heavy atom. The molecule has 0 unspecified atom stereocenters. The van der Waals surface area contributed by atoms with Gasteiger partial charge in [-0.2, -0.15) is 0 Å². The van der Waals surface area contributed by atoms with E-state index >= 15 is 0 Å². The Morgan fingerprint density at radius 2 is 2.05 bits per heavy atom. The van der Waals surface area contributed by atoms with Gasteiger partial charge < -0.3 is 10.1 Å². The summed E-state index contributed by atoms with van der Waals surface area (Å²) in [4.78, 5) is 12.3. The summed E-state index contributed by atoms with van der Waals surface area (Å²) in [5.41, 5.74) is 0.245. The number of amides is 1. The van der Waals surface area contributed by atoms with E-state index in [1.165, 1.54) is 0 Å². The third-order valence-electron chi connectivity index (χ3n) is 3.40. The monoisotopic (exact) mass is 347 g/mol. The van der Waals surface area contributed by atoms with Crippen molar-refractivity contribution in [1.82, 2.24) is 5.32 Å². The lowest BCUT2D eigenvalue weighted by molar-refractivity contribution is 0.0902. The van der Waals surface area contributed by atoms with Crippen LogP contribution in [0, 0.1) is 0 Å². The first-order valence-electron chi connectivity index (χ1n) is 6.24. The van der Waals surface area contributed by atoms with Crippen LogP contribution >= 0.6 is 27.5 Å². The number of carbonyl (C=O) groups excluding carboxylic acids is 1. The van der Waals surface area contributed by atoms with Gasteiger partial charge >= 0.3 is 0 Å². The molecule has 5 heteroatoms. The second-order valence-corrected chi connectivity index (χ2v) is 5.55. The van der Waals surface area contributed by atoms with Crippen molar-refractivity contribution in [2.75, 3.05) is 13.0 Å². The van der Waals surface area contributed by atoms with E-state index < -0.39 is 0 Å². The molecular weight excluding hydrogens is 330 g/mol. The van der Waals surface area contributed by atoms with Gasteiger partial charge in [0.1, 0.15) is 5.75 Å². The van der Waals surface area contributed by atoms with Crippen LogP contribution in [0.3, 0.4) is 0 Å². The first-order chi connectivity index (χ1) is 9.01. The van der Waals surface area contributed by atoms with Crippen LogP contribution in [-0.2, 0) is 0 Å². The van der Waals surface area contributed by atoms with E-state index in [0.29, 0.717) is 17.2 Å². The van der Waals surface area contributed by atoms with Crippen molar-refractivity contribution in [2.24, 2.45) is 0 Å². The predicted molar refractivity (Wildman–Crippen MR) is 82.2 cm³/mol. The second-order valence-electron chi connectivity index (χ2n) is 4.42. The van der Waals surface area contributed by atoms with E-state index in [2.05, 4.69) is 21.2 Å². The Kier molecular flexibility index (Phi) is 6.14. The van der Waals surface area contributed by atoms with Crippen molar-refractivity contribution in [3.63, 3.8) is 0 Å². The van der Waals surface area contributed by atoms with Gasteiger partial charge in [-0.25, -0.2) is 0 Å². The van der Waals surface area contributed by atoms with Gasteiger partial charge in [-0.1, -0.05) is 13.8 Å². The summed E-state index contributed by atoms with van der Waals surface area (Å²) in [5.74, 6) is 0.988. The van der Waals surface area contributed by atoms with Gasteiger partial charge in [0.15, 0.2) is 0 Å². The average molecular weight is 349 g/mol. The first kappa shape index (κ1) is 16.3. The average Bonchev–Trinajstić information content (AvgIpc) is 2.44. The van der Waals surface area contributed by atoms with E-state index in [1.54, 1.807) is 25.3 Å². The SMILES string of the molecule is CCC(CC)(CCl)NC(=O)c1ccc(OC)c(Br)c1. The molecular formula is C14H19BrClNO2. The van der Waals surface area contributed by atoms with Crippen molar-refractivity contribution in [2.45, 2.75) is 32.2 Å². The lowest BCUT2D eigenvalue weighted by atomic mass is 9.94. The summed E-state index contributed by atoms with van der Waals surface area (Å²) in [7, 11) is 1.59. The second kappa shape index (κ2) is 7.15. The van der Waals surface area contributed by atoms with E-state index in [9.17, 15) is 4.79 Å². The standard InChI is InChI=1S/C14H19BrClNO2/c1-4-14(5-2,9-16)17-13(18)10-6-7-12(19-3)11(15)8-10/h6-8H,4-5,9H2,1-3H3,(H,17,18). The Labute approximate surface area is 127 Å². The summed E-state index contributed by atoms with van der Waals surface area (Å²) < 4.78 is 5.90. The topological polar surface area (TPSA) is 38.3 Å². The van der Waals surface area contributed by atoms with E-state index in [-0.39, 0.29) is 11.4 Å². The van der Waals surface area contributed by atoms with Crippen LogP contribution in [0.4, 0.5) is 0 Å². The largest absolute Gasteiger partial charge is 0.496 e. The number of benzene rings is 1. The third-order valence-corrected chi connectivity index (χ3v) is 4.53. The highest BCUT2D eigenvalue weighted by Gasteiger charge is 2.27. The number of methoxy groups -OCH3 is 1. The van der Waals surface area contributed by atoms with E-state index in [1.807, 2.05) is 13.8 Å². The van der Waals surface area contributed by atoms with Gasteiger partial charge in [0.25, 0.3) is 5.91 Å². The molecule has 1 aromatic rings.